The maximum atomic E-state index is 12.4. The lowest BCUT2D eigenvalue weighted by Gasteiger charge is -2.14. The summed E-state index contributed by atoms with van der Waals surface area (Å²) in [7, 11) is 1.58. The number of methoxy groups -OCH3 is 1. The van der Waals surface area contributed by atoms with Crippen LogP contribution in [0.25, 0.3) is 11.3 Å². The first-order chi connectivity index (χ1) is 13.0. The summed E-state index contributed by atoms with van der Waals surface area (Å²) in [6, 6.07) is 13.8. The van der Waals surface area contributed by atoms with Crippen LogP contribution in [0.2, 0.25) is 0 Å². The highest BCUT2D eigenvalue weighted by Gasteiger charge is 2.18. The maximum Gasteiger partial charge on any atom is 0.365 e. The topological polar surface area (TPSA) is 86.1 Å². The summed E-state index contributed by atoms with van der Waals surface area (Å²) in [5.74, 6) is 0.369. The second kappa shape index (κ2) is 7.82. The van der Waals surface area contributed by atoms with Gasteiger partial charge < -0.3 is 10.1 Å². The van der Waals surface area contributed by atoms with Crippen LogP contribution >= 0.6 is 0 Å². The number of benzene rings is 2. The van der Waals surface area contributed by atoms with Gasteiger partial charge in [-0.1, -0.05) is 17.7 Å². The Morgan fingerprint density at radius 1 is 1.11 bits per heavy atom. The summed E-state index contributed by atoms with van der Waals surface area (Å²) in [6.07, 6.45) is 1.47. The molecule has 3 aromatic rings. The number of carbonyl (C=O) groups excluding carboxylic acids is 1. The minimum absolute atomic E-state index is 0.340. The molecule has 0 aliphatic heterocycles. The molecule has 1 heterocycles. The van der Waals surface area contributed by atoms with Gasteiger partial charge in [0.25, 0.3) is 0 Å². The van der Waals surface area contributed by atoms with E-state index in [1.165, 1.54) is 6.20 Å². The van der Waals surface area contributed by atoms with Gasteiger partial charge in [0, 0.05) is 11.3 Å². The van der Waals surface area contributed by atoms with Crippen LogP contribution < -0.4 is 15.7 Å². The molecule has 7 heteroatoms. The van der Waals surface area contributed by atoms with Crippen molar-refractivity contribution in [2.24, 2.45) is 0 Å². The average molecular weight is 364 g/mol. The number of nitrogens with zero attached hydrogens (tertiary/aromatic N) is 3. The van der Waals surface area contributed by atoms with Crippen LogP contribution in [0.5, 0.6) is 5.75 Å². The van der Waals surface area contributed by atoms with Crippen molar-refractivity contribution in [2.45, 2.75) is 19.9 Å². The molecular formula is C20H20N4O3. The highest BCUT2D eigenvalue weighted by atomic mass is 16.5. The highest BCUT2D eigenvalue weighted by molar-refractivity contribution is 5.93. The van der Waals surface area contributed by atoms with E-state index in [1.54, 1.807) is 50.4 Å². The summed E-state index contributed by atoms with van der Waals surface area (Å²) >= 11 is 0. The summed E-state index contributed by atoms with van der Waals surface area (Å²) < 4.78 is 6.18. The molecule has 0 saturated heterocycles. The predicted octanol–water partition coefficient (Wildman–Crippen LogP) is 2.82. The van der Waals surface area contributed by atoms with Crippen molar-refractivity contribution in [1.82, 2.24) is 14.8 Å². The van der Waals surface area contributed by atoms with Crippen LogP contribution in [0.4, 0.5) is 5.69 Å². The van der Waals surface area contributed by atoms with Crippen molar-refractivity contribution in [3.63, 3.8) is 0 Å². The first kappa shape index (κ1) is 18.3. The number of nitrogens with one attached hydrogen (secondary N) is 1. The number of amides is 1. The summed E-state index contributed by atoms with van der Waals surface area (Å²) in [4.78, 5) is 28.8. The molecule has 0 fully saturated rings. The Morgan fingerprint density at radius 2 is 1.78 bits per heavy atom. The lowest BCUT2D eigenvalue weighted by atomic mass is 10.1. The molecule has 0 spiro atoms. The third-order valence-corrected chi connectivity index (χ3v) is 4.17. The molecule has 27 heavy (non-hydrogen) atoms. The Morgan fingerprint density at radius 3 is 2.37 bits per heavy atom. The second-order valence-corrected chi connectivity index (χ2v) is 6.13. The Bertz CT molecular complexity index is 995. The minimum Gasteiger partial charge on any atom is -0.497 e. The molecule has 0 saturated carbocycles. The third-order valence-electron chi connectivity index (χ3n) is 4.17. The molecule has 0 aliphatic carbocycles. The smallest absolute Gasteiger partial charge is 0.365 e. The first-order valence-corrected chi connectivity index (χ1v) is 8.46. The zero-order chi connectivity index (χ0) is 19.4. The van der Waals surface area contributed by atoms with E-state index in [2.05, 4.69) is 15.4 Å². The Hall–Kier alpha value is -3.48. The highest BCUT2D eigenvalue weighted by Crippen LogP contribution is 2.19. The number of anilines is 1. The van der Waals surface area contributed by atoms with Gasteiger partial charge in [0.15, 0.2) is 0 Å². The third kappa shape index (κ3) is 4.20. The Balaban J connectivity index is 1.78. The largest absolute Gasteiger partial charge is 0.497 e. The Kier molecular flexibility index (Phi) is 5.30. The number of aryl methyl sites for hydroxylation is 1. The molecule has 7 nitrogen and oxygen atoms in total. The maximum absolute atomic E-state index is 12.4. The van der Waals surface area contributed by atoms with Crippen molar-refractivity contribution in [1.29, 1.82) is 0 Å². The average Bonchev–Trinajstić information content (AvgIpc) is 2.69. The van der Waals surface area contributed by atoms with Crippen molar-refractivity contribution in [3.05, 3.63) is 70.8 Å². The molecule has 0 aliphatic rings. The van der Waals surface area contributed by atoms with Gasteiger partial charge >= 0.3 is 5.69 Å². The monoisotopic (exact) mass is 364 g/mol. The van der Waals surface area contributed by atoms with Crippen LogP contribution in [0.3, 0.4) is 0 Å². The van der Waals surface area contributed by atoms with Crippen LogP contribution in [-0.2, 0) is 4.79 Å². The van der Waals surface area contributed by atoms with Gasteiger partial charge in [-0.3, -0.25) is 4.79 Å². The van der Waals surface area contributed by atoms with E-state index < -0.39 is 11.7 Å². The molecule has 0 radical (unpaired) electrons. The number of hydrogen-bond donors (Lipinski definition) is 1. The molecule has 138 valence electrons. The lowest BCUT2D eigenvalue weighted by Crippen LogP contribution is -2.34. The fourth-order valence-corrected chi connectivity index (χ4v) is 2.51. The summed E-state index contributed by atoms with van der Waals surface area (Å²) in [5, 5.41) is 6.90. The molecule has 1 N–H and O–H groups in total. The standard InChI is InChI=1S/C20H20N4O3/c1-13-4-8-16(9-5-13)22-19(25)14(2)24-20(26)23-18(12-21-24)15-6-10-17(27-3)11-7-15/h4-12,14H,1-3H3,(H,22,25). The zero-order valence-corrected chi connectivity index (χ0v) is 15.3. The lowest BCUT2D eigenvalue weighted by molar-refractivity contribution is -0.119. The number of aromatic nitrogens is 3. The molecule has 1 atom stereocenters. The van der Waals surface area contributed by atoms with Gasteiger partial charge in [-0.15, -0.1) is 0 Å². The van der Waals surface area contributed by atoms with Crippen LogP contribution in [0.15, 0.2) is 59.5 Å². The fraction of sp³-hybridized carbons (Fsp3) is 0.200. The molecule has 2 aromatic carbocycles. The number of hydrogen-bond acceptors (Lipinski definition) is 5. The Labute approximate surface area is 156 Å². The van der Waals surface area contributed by atoms with Gasteiger partial charge in [0.1, 0.15) is 11.8 Å². The van der Waals surface area contributed by atoms with Crippen LogP contribution in [0, 0.1) is 6.92 Å². The number of carbonyl (C=O) groups is 1. The normalized spacial score (nSPS) is 11.7. The van der Waals surface area contributed by atoms with E-state index >= 15 is 0 Å². The van der Waals surface area contributed by atoms with E-state index in [4.69, 9.17) is 4.74 Å². The quantitative estimate of drug-likeness (QED) is 0.752. The summed E-state index contributed by atoms with van der Waals surface area (Å²) in [6.45, 7) is 3.57. The van der Waals surface area contributed by atoms with Gasteiger partial charge in [-0.2, -0.15) is 10.1 Å². The summed E-state index contributed by atoms with van der Waals surface area (Å²) in [5.41, 5.74) is 2.34. The molecule has 1 amide bonds. The van der Waals surface area contributed by atoms with Crippen LogP contribution in [0.1, 0.15) is 18.5 Å². The molecule has 0 bridgehead atoms. The first-order valence-electron chi connectivity index (χ1n) is 8.46. The van der Waals surface area contributed by atoms with Gasteiger partial charge in [0.05, 0.1) is 19.0 Å². The molecular weight excluding hydrogens is 344 g/mol. The van der Waals surface area contributed by atoms with E-state index in [9.17, 15) is 9.59 Å². The minimum atomic E-state index is -0.795. The van der Waals surface area contributed by atoms with E-state index in [0.29, 0.717) is 17.1 Å². The number of ether oxygens (including phenoxy) is 1. The van der Waals surface area contributed by atoms with Crippen molar-refractivity contribution in [3.8, 4) is 17.0 Å². The fourth-order valence-electron chi connectivity index (χ4n) is 2.51. The van der Waals surface area contributed by atoms with Crippen molar-refractivity contribution >= 4 is 11.6 Å². The molecule has 1 aromatic heterocycles. The number of rotatable bonds is 5. The second-order valence-electron chi connectivity index (χ2n) is 6.13. The molecule has 3 rings (SSSR count). The van der Waals surface area contributed by atoms with Gasteiger partial charge in [0.2, 0.25) is 5.91 Å². The SMILES string of the molecule is COc1ccc(-c2cnn(C(C)C(=O)Nc3ccc(C)cc3)c(=O)n2)cc1. The van der Waals surface area contributed by atoms with Crippen molar-refractivity contribution < 1.29 is 9.53 Å². The van der Waals surface area contributed by atoms with Gasteiger partial charge in [-0.05, 0) is 50.2 Å². The van der Waals surface area contributed by atoms with Gasteiger partial charge in [-0.25, -0.2) is 9.48 Å². The zero-order valence-electron chi connectivity index (χ0n) is 15.3. The van der Waals surface area contributed by atoms with Crippen LogP contribution in [-0.4, -0.2) is 27.8 Å². The van der Waals surface area contributed by atoms with E-state index in [-0.39, 0.29) is 5.91 Å². The van der Waals surface area contributed by atoms with Crippen molar-refractivity contribution in [2.75, 3.05) is 12.4 Å². The van der Waals surface area contributed by atoms with E-state index in [0.717, 1.165) is 15.8 Å². The molecule has 1 unspecified atom stereocenters. The van der Waals surface area contributed by atoms with E-state index in [1.807, 2.05) is 19.1 Å². The predicted molar refractivity (Wildman–Crippen MR) is 103 cm³/mol.